The lowest BCUT2D eigenvalue weighted by Crippen LogP contribution is -1.96. The first-order chi connectivity index (χ1) is 6.06. The lowest BCUT2D eigenvalue weighted by Gasteiger charge is -2.05. The normalized spacial score (nSPS) is 9.85. The van der Waals surface area contributed by atoms with Gasteiger partial charge in [-0.2, -0.15) is 0 Å². The Labute approximate surface area is 87.8 Å². The molecule has 0 unspecified atom stereocenters. The molecule has 0 aliphatic rings. The molecule has 1 aromatic carbocycles. The van der Waals surface area contributed by atoms with Gasteiger partial charge in [0.2, 0.25) is 0 Å². The zero-order valence-corrected chi connectivity index (χ0v) is 8.95. The van der Waals surface area contributed by atoms with E-state index in [9.17, 15) is 9.18 Å². The monoisotopic (exact) mass is 266 g/mol. The Balaban J connectivity index is 3.33. The summed E-state index contributed by atoms with van der Waals surface area (Å²) < 4.78 is 17.9. The van der Waals surface area contributed by atoms with Crippen LogP contribution in [-0.2, 0) is 0 Å². The Hall–Kier alpha value is -0.610. The summed E-state index contributed by atoms with van der Waals surface area (Å²) in [6, 6.07) is 2.38. The molecule has 0 N–H and O–H groups in total. The van der Waals surface area contributed by atoms with Gasteiger partial charge in [-0.25, -0.2) is 4.39 Å². The van der Waals surface area contributed by atoms with Crippen LogP contribution in [0.1, 0.15) is 10.4 Å². The molecule has 0 fully saturated rings. The number of ether oxygens (including phenoxy) is 1. The van der Waals surface area contributed by atoms with E-state index in [2.05, 4.69) is 15.9 Å². The second kappa shape index (κ2) is 4.07. The number of rotatable bonds is 2. The standard InChI is InChI=1S/C8H5BrClFO2/c1-13-7-3-6(11)5(9)2-4(7)8(10)12/h2-3H,1H3. The molecule has 0 heterocycles. The molecule has 70 valence electrons. The summed E-state index contributed by atoms with van der Waals surface area (Å²) in [6.45, 7) is 0. The molecule has 1 aromatic rings. The Morgan fingerprint density at radius 3 is 2.69 bits per heavy atom. The maximum atomic E-state index is 12.9. The van der Waals surface area contributed by atoms with E-state index < -0.39 is 11.1 Å². The molecule has 0 saturated carbocycles. The highest BCUT2D eigenvalue weighted by Gasteiger charge is 2.13. The van der Waals surface area contributed by atoms with Crippen molar-refractivity contribution >= 4 is 32.8 Å². The fraction of sp³-hybridized carbons (Fsp3) is 0.125. The summed E-state index contributed by atoms with van der Waals surface area (Å²) in [7, 11) is 1.34. The second-order valence-electron chi connectivity index (χ2n) is 2.24. The van der Waals surface area contributed by atoms with Crippen molar-refractivity contribution in [3.8, 4) is 5.75 Å². The Kier molecular flexibility index (Phi) is 3.27. The molecule has 5 heteroatoms. The van der Waals surface area contributed by atoms with Crippen LogP contribution in [0.3, 0.4) is 0 Å². The van der Waals surface area contributed by atoms with Crippen molar-refractivity contribution in [1.82, 2.24) is 0 Å². The number of carbonyl (C=O) groups excluding carboxylic acids is 1. The summed E-state index contributed by atoms with van der Waals surface area (Å²) in [4.78, 5) is 10.8. The number of benzene rings is 1. The van der Waals surface area contributed by atoms with Gasteiger partial charge in [0.1, 0.15) is 11.6 Å². The van der Waals surface area contributed by atoms with Crippen LogP contribution in [0.2, 0.25) is 0 Å². The van der Waals surface area contributed by atoms with E-state index in [0.29, 0.717) is 0 Å². The lowest BCUT2D eigenvalue weighted by atomic mass is 10.2. The number of hydrogen-bond donors (Lipinski definition) is 0. The van der Waals surface area contributed by atoms with Gasteiger partial charge in [0.05, 0.1) is 17.1 Å². The van der Waals surface area contributed by atoms with Crippen molar-refractivity contribution in [3.63, 3.8) is 0 Å². The second-order valence-corrected chi connectivity index (χ2v) is 3.44. The third kappa shape index (κ3) is 2.19. The van der Waals surface area contributed by atoms with E-state index in [1.54, 1.807) is 0 Å². The summed E-state index contributed by atoms with van der Waals surface area (Å²) in [5.74, 6) is -0.376. The molecule has 2 nitrogen and oxygen atoms in total. The van der Waals surface area contributed by atoms with Gasteiger partial charge in [-0.05, 0) is 33.6 Å². The van der Waals surface area contributed by atoms with Gasteiger partial charge in [0.15, 0.2) is 0 Å². The van der Waals surface area contributed by atoms with Crippen LogP contribution in [-0.4, -0.2) is 12.4 Å². The Bertz CT molecular complexity index is 354. The van der Waals surface area contributed by atoms with Crippen LogP contribution in [0.4, 0.5) is 4.39 Å². The molecule has 0 saturated heterocycles. The van der Waals surface area contributed by atoms with Crippen LogP contribution in [0.5, 0.6) is 5.75 Å². The van der Waals surface area contributed by atoms with Gasteiger partial charge in [-0.15, -0.1) is 0 Å². The highest BCUT2D eigenvalue weighted by molar-refractivity contribution is 9.10. The zero-order valence-electron chi connectivity index (χ0n) is 6.61. The summed E-state index contributed by atoms with van der Waals surface area (Å²) in [5, 5.41) is -0.683. The van der Waals surface area contributed by atoms with Crippen LogP contribution in [0, 0.1) is 5.82 Å². The number of hydrogen-bond acceptors (Lipinski definition) is 2. The Morgan fingerprint density at radius 1 is 1.62 bits per heavy atom. The maximum absolute atomic E-state index is 12.9. The van der Waals surface area contributed by atoms with E-state index in [1.165, 1.54) is 13.2 Å². The minimum atomic E-state index is -0.683. The SMILES string of the molecule is COc1cc(F)c(Br)cc1C(=O)Cl. The summed E-state index contributed by atoms with van der Waals surface area (Å²) in [5.41, 5.74) is 0.137. The van der Waals surface area contributed by atoms with Gasteiger partial charge >= 0.3 is 0 Å². The number of carbonyl (C=O) groups is 1. The minimum absolute atomic E-state index is 0.126. The van der Waals surface area contributed by atoms with Gasteiger partial charge in [-0.3, -0.25) is 4.79 Å². The molecule has 13 heavy (non-hydrogen) atoms. The van der Waals surface area contributed by atoms with Gasteiger partial charge in [-0.1, -0.05) is 0 Å². The van der Waals surface area contributed by atoms with Crippen molar-refractivity contribution in [2.45, 2.75) is 0 Å². The third-order valence-corrected chi connectivity index (χ3v) is 2.27. The molecule has 0 aliphatic carbocycles. The highest BCUT2D eigenvalue weighted by Crippen LogP contribution is 2.27. The van der Waals surface area contributed by atoms with Gasteiger partial charge in [0.25, 0.3) is 5.24 Å². The average molecular weight is 267 g/mol. The number of methoxy groups -OCH3 is 1. The average Bonchev–Trinajstić information content (AvgIpc) is 2.08. The quantitative estimate of drug-likeness (QED) is 0.770. The number of halogens is 3. The van der Waals surface area contributed by atoms with E-state index in [4.69, 9.17) is 16.3 Å². The summed E-state index contributed by atoms with van der Waals surface area (Å²) >= 11 is 8.19. The molecular weight excluding hydrogens is 262 g/mol. The third-order valence-electron chi connectivity index (χ3n) is 1.45. The van der Waals surface area contributed by atoms with Crippen molar-refractivity contribution in [3.05, 3.63) is 28.0 Å². The van der Waals surface area contributed by atoms with Crippen molar-refractivity contribution in [1.29, 1.82) is 0 Å². The molecule has 0 amide bonds. The molecule has 0 aliphatic heterocycles. The minimum Gasteiger partial charge on any atom is -0.496 e. The smallest absolute Gasteiger partial charge is 0.256 e. The fourth-order valence-corrected chi connectivity index (χ4v) is 1.34. The van der Waals surface area contributed by atoms with E-state index in [1.807, 2.05) is 0 Å². The largest absolute Gasteiger partial charge is 0.496 e. The molecule has 0 atom stereocenters. The van der Waals surface area contributed by atoms with E-state index in [0.717, 1.165) is 6.07 Å². The van der Waals surface area contributed by atoms with Crippen molar-refractivity contribution in [2.24, 2.45) is 0 Å². The predicted molar refractivity (Wildman–Crippen MR) is 50.8 cm³/mol. The van der Waals surface area contributed by atoms with Crippen molar-refractivity contribution in [2.75, 3.05) is 7.11 Å². The van der Waals surface area contributed by atoms with Crippen LogP contribution < -0.4 is 4.74 Å². The first-order valence-corrected chi connectivity index (χ1v) is 4.46. The van der Waals surface area contributed by atoms with Crippen LogP contribution in [0.25, 0.3) is 0 Å². The van der Waals surface area contributed by atoms with Gasteiger partial charge < -0.3 is 4.74 Å². The fourth-order valence-electron chi connectivity index (χ4n) is 0.851. The highest BCUT2D eigenvalue weighted by atomic mass is 79.9. The van der Waals surface area contributed by atoms with Crippen LogP contribution >= 0.6 is 27.5 Å². The molecule has 0 radical (unpaired) electrons. The van der Waals surface area contributed by atoms with E-state index >= 15 is 0 Å². The topological polar surface area (TPSA) is 26.3 Å². The summed E-state index contributed by atoms with van der Waals surface area (Å²) in [6.07, 6.45) is 0. The Morgan fingerprint density at radius 2 is 2.23 bits per heavy atom. The van der Waals surface area contributed by atoms with Crippen molar-refractivity contribution < 1.29 is 13.9 Å². The first-order valence-electron chi connectivity index (χ1n) is 3.29. The molecular formula is C8H5BrClFO2. The molecule has 0 spiro atoms. The van der Waals surface area contributed by atoms with E-state index in [-0.39, 0.29) is 15.8 Å². The molecule has 0 bridgehead atoms. The maximum Gasteiger partial charge on any atom is 0.256 e. The molecule has 0 aromatic heterocycles. The first kappa shape index (κ1) is 10.5. The molecule has 1 rings (SSSR count). The van der Waals surface area contributed by atoms with Crippen LogP contribution in [0.15, 0.2) is 16.6 Å². The van der Waals surface area contributed by atoms with Gasteiger partial charge in [0, 0.05) is 6.07 Å². The lowest BCUT2D eigenvalue weighted by molar-refractivity contribution is 0.107. The zero-order chi connectivity index (χ0) is 10.0. The predicted octanol–water partition coefficient (Wildman–Crippen LogP) is 2.98.